The van der Waals surface area contributed by atoms with Crippen molar-refractivity contribution in [3.8, 4) is 0 Å². The highest BCUT2D eigenvalue weighted by molar-refractivity contribution is 5.82. The summed E-state index contributed by atoms with van der Waals surface area (Å²) in [4.78, 5) is 12.2. The normalized spacial score (nSPS) is 54.8. The second-order valence-electron chi connectivity index (χ2n) is 7.51. The third kappa shape index (κ3) is 1.63. The van der Waals surface area contributed by atoms with Gasteiger partial charge in [0.15, 0.2) is 0 Å². The van der Waals surface area contributed by atoms with Gasteiger partial charge in [-0.05, 0) is 68.6 Å². The Labute approximate surface area is 104 Å². The molecule has 94 valence electrons. The summed E-state index contributed by atoms with van der Waals surface area (Å²) in [6, 6.07) is 0. The molecule has 5 saturated carbocycles. The van der Waals surface area contributed by atoms with Crippen LogP contribution in [0, 0.1) is 29.6 Å². The largest absolute Gasteiger partial charge is 0.350 e. The molecule has 5 fully saturated rings. The van der Waals surface area contributed by atoms with Gasteiger partial charge in [0.05, 0.1) is 0 Å². The van der Waals surface area contributed by atoms with Crippen molar-refractivity contribution in [2.24, 2.45) is 29.6 Å². The first-order chi connectivity index (χ1) is 8.13. The number of carbonyl (C=O) groups is 1. The van der Waals surface area contributed by atoms with Gasteiger partial charge in [0, 0.05) is 11.5 Å². The summed E-state index contributed by atoms with van der Waals surface area (Å²) in [6.45, 7) is 2.20. The van der Waals surface area contributed by atoms with Crippen LogP contribution in [0.5, 0.6) is 0 Å². The van der Waals surface area contributed by atoms with E-state index >= 15 is 0 Å². The Bertz CT molecular complexity index is 327. The van der Waals surface area contributed by atoms with Crippen LogP contribution < -0.4 is 5.32 Å². The van der Waals surface area contributed by atoms with Gasteiger partial charge in [-0.15, -0.1) is 0 Å². The van der Waals surface area contributed by atoms with E-state index in [1.54, 1.807) is 0 Å². The Kier molecular flexibility index (Phi) is 2.00. The third-order valence-electron chi connectivity index (χ3n) is 5.87. The van der Waals surface area contributed by atoms with Gasteiger partial charge in [-0.2, -0.15) is 0 Å². The van der Waals surface area contributed by atoms with Crippen LogP contribution in [0.15, 0.2) is 0 Å². The smallest absolute Gasteiger partial charge is 0.223 e. The molecule has 0 aromatic heterocycles. The predicted octanol–water partition coefficient (Wildman–Crippen LogP) is 2.73. The lowest BCUT2D eigenvalue weighted by Crippen LogP contribution is -2.60. The van der Waals surface area contributed by atoms with Crippen molar-refractivity contribution in [2.45, 2.75) is 57.4 Å². The van der Waals surface area contributed by atoms with Crippen LogP contribution in [0.2, 0.25) is 0 Å². The first-order valence-corrected chi connectivity index (χ1v) is 7.45. The standard InChI is InChI=1S/C15H23NO/c1-9-2-13(9)14(17)16-15-6-10-3-11(7-15)5-12(4-10)8-15/h9-13H,2-8H2,1H3,(H,16,17). The lowest BCUT2D eigenvalue weighted by atomic mass is 9.53. The summed E-state index contributed by atoms with van der Waals surface area (Å²) in [5.74, 6) is 4.15. The van der Waals surface area contributed by atoms with E-state index in [2.05, 4.69) is 12.2 Å². The van der Waals surface area contributed by atoms with E-state index in [1.165, 1.54) is 38.5 Å². The van der Waals surface area contributed by atoms with E-state index in [-0.39, 0.29) is 5.54 Å². The first-order valence-electron chi connectivity index (χ1n) is 7.45. The molecule has 2 heteroatoms. The summed E-state index contributed by atoms with van der Waals surface area (Å²) in [7, 11) is 0. The molecule has 5 aliphatic rings. The van der Waals surface area contributed by atoms with E-state index in [4.69, 9.17) is 0 Å². The van der Waals surface area contributed by atoms with E-state index < -0.39 is 0 Å². The second-order valence-corrected chi connectivity index (χ2v) is 7.51. The van der Waals surface area contributed by atoms with E-state index in [9.17, 15) is 4.79 Å². The van der Waals surface area contributed by atoms with Crippen LogP contribution in [-0.2, 0) is 4.79 Å². The minimum atomic E-state index is 0.230. The van der Waals surface area contributed by atoms with Crippen LogP contribution in [0.25, 0.3) is 0 Å². The van der Waals surface area contributed by atoms with Gasteiger partial charge in [-0.25, -0.2) is 0 Å². The van der Waals surface area contributed by atoms with E-state index in [0.717, 1.165) is 24.2 Å². The van der Waals surface area contributed by atoms with Gasteiger partial charge in [0.25, 0.3) is 0 Å². The summed E-state index contributed by atoms with van der Waals surface area (Å²) >= 11 is 0. The number of nitrogens with one attached hydrogen (secondary N) is 1. The molecule has 0 radical (unpaired) electrons. The first kappa shape index (κ1) is 10.4. The molecule has 2 nitrogen and oxygen atoms in total. The molecule has 0 spiro atoms. The topological polar surface area (TPSA) is 29.1 Å². The van der Waals surface area contributed by atoms with Gasteiger partial charge in [0.1, 0.15) is 0 Å². The Morgan fingerprint density at radius 3 is 1.88 bits per heavy atom. The Balaban J connectivity index is 1.51. The zero-order valence-electron chi connectivity index (χ0n) is 10.7. The Morgan fingerprint density at radius 2 is 1.47 bits per heavy atom. The molecule has 5 aliphatic carbocycles. The summed E-state index contributed by atoms with van der Waals surface area (Å²) in [5.41, 5.74) is 0.230. The van der Waals surface area contributed by atoms with Gasteiger partial charge < -0.3 is 5.32 Å². The number of carbonyl (C=O) groups excluding carboxylic acids is 1. The van der Waals surface area contributed by atoms with Crippen molar-refractivity contribution < 1.29 is 4.79 Å². The van der Waals surface area contributed by atoms with Crippen LogP contribution in [0.1, 0.15) is 51.9 Å². The monoisotopic (exact) mass is 233 g/mol. The molecule has 0 saturated heterocycles. The Hall–Kier alpha value is -0.530. The van der Waals surface area contributed by atoms with Crippen molar-refractivity contribution in [1.29, 1.82) is 0 Å². The third-order valence-corrected chi connectivity index (χ3v) is 5.87. The number of hydrogen-bond donors (Lipinski definition) is 1. The van der Waals surface area contributed by atoms with Crippen LogP contribution >= 0.6 is 0 Å². The van der Waals surface area contributed by atoms with Gasteiger partial charge in [0.2, 0.25) is 5.91 Å². The highest BCUT2D eigenvalue weighted by Crippen LogP contribution is 2.56. The van der Waals surface area contributed by atoms with Gasteiger partial charge >= 0.3 is 0 Å². The lowest BCUT2D eigenvalue weighted by molar-refractivity contribution is -0.128. The van der Waals surface area contributed by atoms with Crippen molar-refractivity contribution in [2.75, 3.05) is 0 Å². The molecule has 2 atom stereocenters. The molecule has 0 heterocycles. The molecule has 0 aromatic carbocycles. The molecule has 0 aromatic rings. The average Bonchev–Trinajstić information content (AvgIpc) is 2.92. The van der Waals surface area contributed by atoms with Crippen molar-refractivity contribution in [3.05, 3.63) is 0 Å². The van der Waals surface area contributed by atoms with E-state index in [1.807, 2.05) is 0 Å². The predicted molar refractivity (Wildman–Crippen MR) is 66.3 cm³/mol. The molecular weight excluding hydrogens is 210 g/mol. The molecule has 2 unspecified atom stereocenters. The highest BCUT2D eigenvalue weighted by Gasteiger charge is 2.52. The fraction of sp³-hybridized carbons (Fsp3) is 0.933. The number of amides is 1. The fourth-order valence-electron chi connectivity index (χ4n) is 5.31. The lowest BCUT2D eigenvalue weighted by Gasteiger charge is -2.57. The SMILES string of the molecule is CC1CC1C(=O)NC12CC3CC(CC(C3)C1)C2. The molecule has 1 amide bonds. The van der Waals surface area contributed by atoms with Crippen molar-refractivity contribution in [1.82, 2.24) is 5.32 Å². The molecule has 0 aliphatic heterocycles. The van der Waals surface area contributed by atoms with Crippen LogP contribution in [-0.4, -0.2) is 11.4 Å². The second kappa shape index (κ2) is 3.27. The highest BCUT2D eigenvalue weighted by atomic mass is 16.2. The van der Waals surface area contributed by atoms with Gasteiger partial charge in [-0.1, -0.05) is 6.92 Å². The van der Waals surface area contributed by atoms with Gasteiger partial charge in [-0.3, -0.25) is 4.79 Å². The number of hydrogen-bond acceptors (Lipinski definition) is 1. The maximum absolute atomic E-state index is 12.2. The zero-order valence-corrected chi connectivity index (χ0v) is 10.7. The maximum atomic E-state index is 12.2. The average molecular weight is 233 g/mol. The molecule has 1 N–H and O–H groups in total. The summed E-state index contributed by atoms with van der Waals surface area (Å²) < 4.78 is 0. The van der Waals surface area contributed by atoms with Crippen LogP contribution in [0.4, 0.5) is 0 Å². The Morgan fingerprint density at radius 1 is 1.00 bits per heavy atom. The number of rotatable bonds is 2. The van der Waals surface area contributed by atoms with E-state index in [0.29, 0.717) is 17.7 Å². The summed E-state index contributed by atoms with van der Waals surface area (Å²) in [6.07, 6.45) is 9.33. The summed E-state index contributed by atoms with van der Waals surface area (Å²) in [5, 5.41) is 3.48. The quantitative estimate of drug-likeness (QED) is 0.780. The zero-order chi connectivity index (χ0) is 11.6. The van der Waals surface area contributed by atoms with Crippen molar-refractivity contribution in [3.63, 3.8) is 0 Å². The molecule has 5 rings (SSSR count). The minimum Gasteiger partial charge on any atom is -0.350 e. The molecule has 17 heavy (non-hydrogen) atoms. The molecular formula is C15H23NO. The van der Waals surface area contributed by atoms with Crippen molar-refractivity contribution >= 4 is 5.91 Å². The minimum absolute atomic E-state index is 0.230. The maximum Gasteiger partial charge on any atom is 0.223 e. The molecule has 4 bridgehead atoms. The van der Waals surface area contributed by atoms with Crippen LogP contribution in [0.3, 0.4) is 0 Å². The fourth-order valence-corrected chi connectivity index (χ4v) is 5.31.